The highest BCUT2D eigenvalue weighted by atomic mass is 16.4. The third-order valence-electron chi connectivity index (χ3n) is 9.37. The van der Waals surface area contributed by atoms with Crippen molar-refractivity contribution in [1.82, 2.24) is 24.5 Å². The van der Waals surface area contributed by atoms with Crippen molar-refractivity contribution >= 4 is 28.5 Å². The van der Waals surface area contributed by atoms with Crippen molar-refractivity contribution in [1.29, 1.82) is 0 Å². The summed E-state index contributed by atoms with van der Waals surface area (Å²) in [6.07, 6.45) is 0.115. The number of aryl methyl sites for hydroxylation is 1. The summed E-state index contributed by atoms with van der Waals surface area (Å²) in [5.74, 6) is -0.917. The van der Waals surface area contributed by atoms with Crippen LogP contribution in [0.25, 0.3) is 39.1 Å². The van der Waals surface area contributed by atoms with Crippen LogP contribution in [0.4, 0.5) is 0 Å². The number of carbonyl (C=O) groups is 2. The minimum absolute atomic E-state index is 0.125. The molecule has 3 aromatic heterocycles. The first-order chi connectivity index (χ1) is 22.2. The number of pyridine rings is 1. The Hall–Kier alpha value is -5.29. The first kappa shape index (κ1) is 28.2. The monoisotopic (exact) mass is 611 g/mol. The van der Waals surface area contributed by atoms with Crippen molar-refractivity contribution in [3.63, 3.8) is 0 Å². The summed E-state index contributed by atoms with van der Waals surface area (Å²) in [7, 11) is 0. The van der Waals surface area contributed by atoms with Crippen molar-refractivity contribution in [3.05, 3.63) is 120 Å². The average molecular weight is 612 g/mol. The molecule has 8 rings (SSSR count). The number of rotatable bonds is 6. The molecule has 1 fully saturated rings. The van der Waals surface area contributed by atoms with Crippen LogP contribution in [-0.4, -0.2) is 69.9 Å². The van der Waals surface area contributed by atoms with Gasteiger partial charge in [-0.15, -0.1) is 0 Å². The van der Waals surface area contributed by atoms with E-state index < -0.39 is 35.7 Å². The van der Waals surface area contributed by atoms with Gasteiger partial charge in [0.15, 0.2) is 11.3 Å². The van der Waals surface area contributed by atoms with Crippen molar-refractivity contribution in [2.45, 2.75) is 37.0 Å². The molecule has 10 heteroatoms. The molecule has 2 amide bonds. The van der Waals surface area contributed by atoms with Gasteiger partial charge in [0.05, 0.1) is 40.3 Å². The van der Waals surface area contributed by atoms with Crippen LogP contribution in [0.3, 0.4) is 0 Å². The van der Waals surface area contributed by atoms with Crippen LogP contribution in [0.15, 0.2) is 97.2 Å². The number of aliphatic hydroxyl groups excluding tert-OH is 2. The van der Waals surface area contributed by atoms with Gasteiger partial charge >= 0.3 is 0 Å². The highest BCUT2D eigenvalue weighted by molar-refractivity contribution is 6.22. The van der Waals surface area contributed by atoms with Gasteiger partial charge in [-0.05, 0) is 36.2 Å². The largest absolute Gasteiger partial charge is 0.394 e. The maximum Gasteiger partial charge on any atom is 0.262 e. The molecular weight excluding hydrogens is 582 g/mol. The van der Waals surface area contributed by atoms with E-state index in [-0.39, 0.29) is 12.8 Å². The predicted molar refractivity (Wildman–Crippen MR) is 170 cm³/mol. The molecule has 1 atom stereocenters. The summed E-state index contributed by atoms with van der Waals surface area (Å²) in [5, 5.41) is 36.8. The summed E-state index contributed by atoms with van der Waals surface area (Å²) in [5.41, 5.74) is 3.84. The molecule has 0 saturated heterocycles. The Bertz CT molecular complexity index is 2150. The van der Waals surface area contributed by atoms with Gasteiger partial charge in [0.25, 0.3) is 11.8 Å². The SMILES string of the molecule is Cc1cc2ncc3cc(-c4ccccc4)c(-c4ccc([C@]5(N6C(=O)c7ccccc7C6=O)C[C@](O)([C@@H](O)CO)C5)cc4)nc3n2n1. The van der Waals surface area contributed by atoms with Gasteiger partial charge in [0, 0.05) is 41.6 Å². The van der Waals surface area contributed by atoms with Gasteiger partial charge in [0.1, 0.15) is 6.10 Å². The number of carbonyl (C=O) groups excluding carboxylic acids is 2. The fourth-order valence-electron chi connectivity index (χ4n) is 7.09. The summed E-state index contributed by atoms with van der Waals surface area (Å²) < 4.78 is 1.73. The van der Waals surface area contributed by atoms with Gasteiger partial charge in [-0.3, -0.25) is 14.5 Å². The zero-order valence-corrected chi connectivity index (χ0v) is 24.8. The number of amides is 2. The Morgan fingerprint density at radius 2 is 1.50 bits per heavy atom. The third kappa shape index (κ3) is 4.04. The standard InChI is InChI=1S/C36H29N5O5/c1-21-15-30-37-17-24-16-28(22-7-3-2-4-8-22)31(38-32(24)41(30)39-21)23-11-13-25(14-12-23)35(19-36(46,20-35)29(43)18-42)40-33(44)26-9-5-6-10-27(26)34(40)45/h2-17,29,42-43,46H,18-20H2,1H3/t29-,35-,36+/m0/s1. The van der Waals surface area contributed by atoms with Crippen molar-refractivity contribution in [2.24, 2.45) is 0 Å². The van der Waals surface area contributed by atoms with Crippen LogP contribution >= 0.6 is 0 Å². The van der Waals surface area contributed by atoms with Crippen LogP contribution in [0.5, 0.6) is 0 Å². The third-order valence-corrected chi connectivity index (χ3v) is 9.37. The fourth-order valence-corrected chi connectivity index (χ4v) is 7.09. The van der Waals surface area contributed by atoms with Gasteiger partial charge in [-0.1, -0.05) is 66.7 Å². The van der Waals surface area contributed by atoms with E-state index in [4.69, 9.17) is 4.98 Å². The van der Waals surface area contributed by atoms with E-state index in [1.807, 2.05) is 73.7 Å². The smallest absolute Gasteiger partial charge is 0.262 e. The lowest BCUT2D eigenvalue weighted by molar-refractivity contribution is -0.196. The molecule has 46 heavy (non-hydrogen) atoms. The normalized spacial score (nSPS) is 21.5. The molecule has 0 radical (unpaired) electrons. The number of benzene rings is 3. The number of hydrogen-bond donors (Lipinski definition) is 3. The number of fused-ring (bicyclic) bond motifs is 4. The molecule has 1 saturated carbocycles. The molecule has 3 N–H and O–H groups in total. The van der Waals surface area contributed by atoms with E-state index in [1.165, 1.54) is 4.90 Å². The molecule has 228 valence electrons. The van der Waals surface area contributed by atoms with E-state index >= 15 is 0 Å². The molecule has 0 unspecified atom stereocenters. The number of aromatic nitrogens is 4. The lowest BCUT2D eigenvalue weighted by Crippen LogP contribution is -2.68. The Kier molecular flexibility index (Phi) is 6.20. The Morgan fingerprint density at radius 3 is 2.15 bits per heavy atom. The first-order valence-electron chi connectivity index (χ1n) is 15.0. The molecule has 0 bridgehead atoms. The fraction of sp³-hybridized carbons (Fsp3) is 0.194. The number of aliphatic hydroxyl groups is 3. The molecular formula is C36H29N5O5. The lowest BCUT2D eigenvalue weighted by Gasteiger charge is -2.58. The van der Waals surface area contributed by atoms with E-state index in [0.717, 1.165) is 27.8 Å². The van der Waals surface area contributed by atoms with Crippen LogP contribution < -0.4 is 0 Å². The predicted octanol–water partition coefficient (Wildman–Crippen LogP) is 4.29. The van der Waals surface area contributed by atoms with Crippen LogP contribution in [0.2, 0.25) is 0 Å². The lowest BCUT2D eigenvalue weighted by atomic mass is 9.58. The van der Waals surface area contributed by atoms with Crippen LogP contribution in [0.1, 0.15) is 44.8 Å². The molecule has 2 aliphatic rings. The van der Waals surface area contributed by atoms with E-state index in [1.54, 1.807) is 35.0 Å². The minimum Gasteiger partial charge on any atom is -0.394 e. The molecule has 1 aliphatic carbocycles. The molecule has 10 nitrogen and oxygen atoms in total. The molecule has 4 heterocycles. The Balaban J connectivity index is 1.27. The van der Waals surface area contributed by atoms with Gasteiger partial charge in [0.2, 0.25) is 0 Å². The van der Waals surface area contributed by atoms with Gasteiger partial charge < -0.3 is 15.3 Å². The van der Waals surface area contributed by atoms with E-state index in [9.17, 15) is 24.9 Å². The van der Waals surface area contributed by atoms with Crippen molar-refractivity contribution < 1.29 is 24.9 Å². The average Bonchev–Trinajstić information content (AvgIpc) is 3.58. The second-order valence-corrected chi connectivity index (χ2v) is 12.2. The maximum atomic E-state index is 13.7. The van der Waals surface area contributed by atoms with E-state index in [2.05, 4.69) is 10.1 Å². The molecule has 6 aromatic rings. The highest BCUT2D eigenvalue weighted by Gasteiger charge is 2.64. The molecule has 1 aliphatic heterocycles. The Morgan fingerprint density at radius 1 is 0.848 bits per heavy atom. The summed E-state index contributed by atoms with van der Waals surface area (Å²) in [4.78, 5) is 38.3. The van der Waals surface area contributed by atoms with Crippen molar-refractivity contribution in [3.8, 4) is 22.4 Å². The summed E-state index contributed by atoms with van der Waals surface area (Å²) >= 11 is 0. The van der Waals surface area contributed by atoms with Gasteiger partial charge in [-0.2, -0.15) is 9.61 Å². The molecule has 0 spiro atoms. The van der Waals surface area contributed by atoms with Crippen molar-refractivity contribution in [2.75, 3.05) is 6.61 Å². The minimum atomic E-state index is -1.68. The van der Waals surface area contributed by atoms with E-state index in [0.29, 0.717) is 33.7 Å². The van der Waals surface area contributed by atoms with Crippen LogP contribution in [-0.2, 0) is 5.54 Å². The summed E-state index contributed by atoms with van der Waals surface area (Å²) in [6, 6.07) is 28.0. The maximum absolute atomic E-state index is 13.7. The highest BCUT2D eigenvalue weighted by Crippen LogP contribution is 2.56. The zero-order valence-electron chi connectivity index (χ0n) is 24.8. The number of imide groups is 1. The quantitative estimate of drug-likeness (QED) is 0.237. The van der Waals surface area contributed by atoms with Crippen LogP contribution in [0, 0.1) is 6.92 Å². The second kappa shape index (κ2) is 10.1. The number of nitrogens with zero attached hydrogens (tertiary/aromatic N) is 5. The van der Waals surface area contributed by atoms with Gasteiger partial charge in [-0.25, -0.2) is 9.97 Å². The zero-order chi connectivity index (χ0) is 31.8. The topological polar surface area (TPSA) is 141 Å². The summed E-state index contributed by atoms with van der Waals surface area (Å²) in [6.45, 7) is 1.26. The number of hydrogen-bond acceptors (Lipinski definition) is 8. The first-order valence-corrected chi connectivity index (χ1v) is 15.0. The Labute approximate surface area is 263 Å². The molecule has 3 aromatic carbocycles. The second-order valence-electron chi connectivity index (χ2n) is 12.2.